The topological polar surface area (TPSA) is 78.4 Å². The van der Waals surface area contributed by atoms with Crippen molar-refractivity contribution in [3.63, 3.8) is 0 Å². The molecular formula is C15H26N2O3. The summed E-state index contributed by atoms with van der Waals surface area (Å²) in [6.07, 6.45) is 7.42. The quantitative estimate of drug-likeness (QED) is 0.678. The molecule has 0 aromatic rings. The van der Waals surface area contributed by atoms with Crippen LogP contribution in [0.5, 0.6) is 0 Å². The minimum atomic E-state index is -1.07. The molecule has 2 rings (SSSR count). The van der Waals surface area contributed by atoms with Crippen molar-refractivity contribution < 1.29 is 14.7 Å². The number of carbonyl (C=O) groups excluding carboxylic acids is 1. The third kappa shape index (κ3) is 3.87. The molecule has 3 N–H and O–H groups in total. The highest BCUT2D eigenvalue weighted by molar-refractivity contribution is 5.86. The molecular weight excluding hydrogens is 256 g/mol. The number of carboxylic acid groups (broad SMARTS) is 1. The second kappa shape index (κ2) is 6.46. The van der Waals surface area contributed by atoms with Gasteiger partial charge in [-0.05, 0) is 37.5 Å². The van der Waals surface area contributed by atoms with Crippen LogP contribution in [0.25, 0.3) is 0 Å². The van der Waals surface area contributed by atoms with Gasteiger partial charge >= 0.3 is 12.0 Å². The van der Waals surface area contributed by atoms with E-state index in [9.17, 15) is 14.7 Å². The van der Waals surface area contributed by atoms with E-state index in [4.69, 9.17) is 0 Å². The van der Waals surface area contributed by atoms with Crippen LogP contribution in [0.2, 0.25) is 0 Å². The van der Waals surface area contributed by atoms with Crippen LogP contribution >= 0.6 is 0 Å². The van der Waals surface area contributed by atoms with E-state index in [1.54, 1.807) is 0 Å². The largest absolute Gasteiger partial charge is 0.480 e. The van der Waals surface area contributed by atoms with Gasteiger partial charge in [-0.2, -0.15) is 0 Å². The lowest BCUT2D eigenvalue weighted by Gasteiger charge is -2.29. The number of rotatable bonds is 5. The van der Waals surface area contributed by atoms with Gasteiger partial charge in [-0.25, -0.2) is 9.59 Å². The first-order chi connectivity index (χ1) is 9.53. The average molecular weight is 282 g/mol. The Bertz CT molecular complexity index is 358. The molecule has 0 aromatic heterocycles. The summed E-state index contributed by atoms with van der Waals surface area (Å²) in [5.41, 5.74) is -1.07. The van der Waals surface area contributed by atoms with Crippen molar-refractivity contribution in [1.82, 2.24) is 10.6 Å². The molecule has 2 aliphatic rings. The molecule has 0 radical (unpaired) electrons. The van der Waals surface area contributed by atoms with E-state index in [2.05, 4.69) is 17.6 Å². The number of carboxylic acids is 1. The summed E-state index contributed by atoms with van der Waals surface area (Å²) in [6.45, 7) is 2.77. The Morgan fingerprint density at radius 2 is 1.80 bits per heavy atom. The lowest BCUT2D eigenvalue weighted by Crippen LogP contribution is -2.57. The van der Waals surface area contributed by atoms with Crippen molar-refractivity contribution in [1.29, 1.82) is 0 Å². The van der Waals surface area contributed by atoms with E-state index in [-0.39, 0.29) is 6.03 Å². The Labute approximate surface area is 120 Å². The zero-order valence-electron chi connectivity index (χ0n) is 12.3. The zero-order valence-corrected chi connectivity index (χ0v) is 12.3. The van der Waals surface area contributed by atoms with Crippen molar-refractivity contribution in [3.8, 4) is 0 Å². The maximum Gasteiger partial charge on any atom is 0.329 e. The molecule has 0 heterocycles. The molecule has 2 aliphatic carbocycles. The van der Waals surface area contributed by atoms with E-state index < -0.39 is 11.5 Å². The van der Waals surface area contributed by atoms with Gasteiger partial charge in [0.05, 0.1) is 0 Å². The minimum absolute atomic E-state index is 0.332. The second-order valence-electron chi connectivity index (χ2n) is 6.45. The average Bonchev–Trinajstić information content (AvgIpc) is 3.23. The maximum atomic E-state index is 12.0. The molecule has 1 atom stereocenters. The summed E-state index contributed by atoms with van der Waals surface area (Å²) in [7, 11) is 0. The predicted octanol–water partition coefficient (Wildman–Crippen LogP) is 2.51. The number of nitrogens with one attached hydrogen (secondary N) is 2. The normalized spacial score (nSPS) is 23.4. The highest BCUT2D eigenvalue weighted by atomic mass is 16.4. The maximum absolute atomic E-state index is 12.0. The standard InChI is InChI=1S/C15H26N2O3/c1-11(12-6-7-12)10-16-14(20)17-15(13(18)19)8-4-2-3-5-9-15/h11-12H,2-10H2,1H3,(H,18,19)(H2,16,17,20). The molecule has 0 saturated heterocycles. The van der Waals surface area contributed by atoms with E-state index in [1.165, 1.54) is 12.8 Å². The summed E-state index contributed by atoms with van der Waals surface area (Å²) in [4.78, 5) is 23.6. The van der Waals surface area contributed by atoms with Gasteiger partial charge in [0.2, 0.25) is 0 Å². The number of carbonyl (C=O) groups is 2. The van der Waals surface area contributed by atoms with Crippen LogP contribution in [0.1, 0.15) is 58.3 Å². The Hall–Kier alpha value is -1.26. The van der Waals surface area contributed by atoms with Gasteiger partial charge in [0.25, 0.3) is 0 Å². The summed E-state index contributed by atoms with van der Waals surface area (Å²) in [5, 5.41) is 15.1. The highest BCUT2D eigenvalue weighted by Gasteiger charge is 2.40. The number of hydrogen-bond donors (Lipinski definition) is 3. The van der Waals surface area contributed by atoms with Crippen LogP contribution in [0.15, 0.2) is 0 Å². The van der Waals surface area contributed by atoms with Gasteiger partial charge < -0.3 is 15.7 Å². The van der Waals surface area contributed by atoms with Crippen molar-refractivity contribution in [2.45, 2.75) is 63.8 Å². The van der Waals surface area contributed by atoms with Gasteiger partial charge in [0.15, 0.2) is 0 Å². The van der Waals surface area contributed by atoms with E-state index in [1.807, 2.05) is 0 Å². The minimum Gasteiger partial charge on any atom is -0.480 e. The van der Waals surface area contributed by atoms with Crippen LogP contribution in [0.4, 0.5) is 4.79 Å². The monoisotopic (exact) mass is 282 g/mol. The fourth-order valence-electron chi connectivity index (χ4n) is 3.07. The molecule has 0 bridgehead atoms. The van der Waals surface area contributed by atoms with Crippen LogP contribution in [-0.4, -0.2) is 29.2 Å². The van der Waals surface area contributed by atoms with Crippen LogP contribution in [0, 0.1) is 11.8 Å². The lowest BCUT2D eigenvalue weighted by atomic mass is 9.90. The van der Waals surface area contributed by atoms with Crippen LogP contribution in [0.3, 0.4) is 0 Å². The first-order valence-electron chi connectivity index (χ1n) is 7.83. The fraction of sp³-hybridized carbons (Fsp3) is 0.867. The molecule has 2 fully saturated rings. The van der Waals surface area contributed by atoms with Crippen molar-refractivity contribution in [2.75, 3.05) is 6.54 Å². The van der Waals surface area contributed by atoms with Gasteiger partial charge in [0, 0.05) is 6.54 Å². The van der Waals surface area contributed by atoms with Crippen LogP contribution < -0.4 is 10.6 Å². The Kier molecular flexibility index (Phi) is 4.89. The first-order valence-corrected chi connectivity index (χ1v) is 7.83. The van der Waals surface area contributed by atoms with E-state index >= 15 is 0 Å². The summed E-state index contributed by atoms with van der Waals surface area (Å²) >= 11 is 0. The smallest absolute Gasteiger partial charge is 0.329 e. The van der Waals surface area contributed by atoms with Gasteiger partial charge in [-0.1, -0.05) is 32.6 Å². The summed E-state index contributed by atoms with van der Waals surface area (Å²) in [6, 6.07) is -0.332. The molecule has 2 saturated carbocycles. The Morgan fingerprint density at radius 3 is 2.30 bits per heavy atom. The number of hydrogen-bond acceptors (Lipinski definition) is 2. The molecule has 114 valence electrons. The number of amides is 2. The molecule has 20 heavy (non-hydrogen) atoms. The van der Waals surface area contributed by atoms with Crippen molar-refractivity contribution >= 4 is 12.0 Å². The summed E-state index contributed by atoms with van der Waals surface area (Å²) in [5.74, 6) is 0.321. The Morgan fingerprint density at radius 1 is 1.20 bits per heavy atom. The first kappa shape index (κ1) is 15.1. The molecule has 2 amide bonds. The zero-order chi connectivity index (χ0) is 14.6. The van der Waals surface area contributed by atoms with Crippen molar-refractivity contribution in [3.05, 3.63) is 0 Å². The fourth-order valence-corrected chi connectivity index (χ4v) is 3.07. The third-order valence-corrected chi connectivity index (χ3v) is 4.73. The van der Waals surface area contributed by atoms with Gasteiger partial charge in [0.1, 0.15) is 5.54 Å². The van der Waals surface area contributed by atoms with E-state index in [0.717, 1.165) is 31.6 Å². The van der Waals surface area contributed by atoms with Gasteiger partial charge in [-0.3, -0.25) is 0 Å². The number of urea groups is 1. The SMILES string of the molecule is CC(CNC(=O)NC1(C(=O)O)CCCCCC1)C1CC1. The third-order valence-electron chi connectivity index (χ3n) is 4.73. The lowest BCUT2D eigenvalue weighted by molar-refractivity contribution is -0.145. The Balaban J connectivity index is 1.86. The van der Waals surface area contributed by atoms with Crippen molar-refractivity contribution in [2.24, 2.45) is 11.8 Å². The molecule has 1 unspecified atom stereocenters. The molecule has 0 aromatic carbocycles. The van der Waals surface area contributed by atoms with Crippen LogP contribution in [-0.2, 0) is 4.79 Å². The second-order valence-corrected chi connectivity index (χ2v) is 6.45. The molecule has 5 heteroatoms. The molecule has 0 spiro atoms. The highest BCUT2D eigenvalue weighted by Crippen LogP contribution is 2.36. The van der Waals surface area contributed by atoms with E-state index in [0.29, 0.717) is 25.3 Å². The molecule has 0 aliphatic heterocycles. The number of aliphatic carboxylic acids is 1. The molecule has 5 nitrogen and oxygen atoms in total. The summed E-state index contributed by atoms with van der Waals surface area (Å²) < 4.78 is 0. The predicted molar refractivity (Wildman–Crippen MR) is 76.5 cm³/mol. The van der Waals surface area contributed by atoms with Gasteiger partial charge in [-0.15, -0.1) is 0 Å².